The van der Waals surface area contributed by atoms with Gasteiger partial charge in [-0.25, -0.2) is 9.07 Å². The molecule has 1 aliphatic rings. The molecule has 0 fully saturated rings. The van der Waals surface area contributed by atoms with Crippen LogP contribution in [0, 0.1) is 5.82 Å². The van der Waals surface area contributed by atoms with Crippen molar-refractivity contribution in [2.75, 3.05) is 11.4 Å². The molecule has 1 amide bonds. The summed E-state index contributed by atoms with van der Waals surface area (Å²) >= 11 is 0. The topological polar surface area (TPSA) is 106 Å². The fourth-order valence-electron chi connectivity index (χ4n) is 4.33. The van der Waals surface area contributed by atoms with Gasteiger partial charge in [-0.15, -0.1) is 5.10 Å². The van der Waals surface area contributed by atoms with Crippen LogP contribution in [0.3, 0.4) is 0 Å². The summed E-state index contributed by atoms with van der Waals surface area (Å²) in [6.07, 6.45) is -0.517. The second-order valence-electron chi connectivity index (χ2n) is 8.45. The number of carbonyl (C=O) groups excluding carboxylic acids is 1. The van der Waals surface area contributed by atoms with Crippen molar-refractivity contribution in [3.05, 3.63) is 93.1 Å². The molecule has 0 aliphatic carbocycles. The Labute approximate surface area is 205 Å². The number of H-pyrrole nitrogens is 1. The summed E-state index contributed by atoms with van der Waals surface area (Å²) in [5.74, 6) is -1.60. The first-order valence-electron chi connectivity index (χ1n) is 11.1. The Morgan fingerprint density at radius 1 is 1.08 bits per heavy atom. The van der Waals surface area contributed by atoms with Crippen molar-refractivity contribution in [2.45, 2.75) is 25.1 Å². The molecular weight excluding hydrogens is 496 g/mol. The number of nitrogens with zero attached hydrogens (tertiary/aromatic N) is 5. The van der Waals surface area contributed by atoms with Crippen LogP contribution < -0.4 is 16.0 Å². The zero-order valence-corrected chi connectivity index (χ0v) is 18.9. The summed E-state index contributed by atoms with van der Waals surface area (Å²) in [4.78, 5) is 40.5. The Bertz CT molecular complexity index is 1610. The number of hydrogen-bond donors (Lipinski definition) is 1. The number of aromatic amines is 1. The number of carbonyl (C=O) groups is 1. The molecule has 0 spiro atoms. The van der Waals surface area contributed by atoms with Crippen molar-refractivity contribution in [1.82, 2.24) is 24.5 Å². The van der Waals surface area contributed by atoms with E-state index in [1.807, 2.05) is 0 Å². The summed E-state index contributed by atoms with van der Waals surface area (Å²) in [6.45, 7) is -1.58. The molecule has 0 bridgehead atoms. The second-order valence-corrected chi connectivity index (χ2v) is 8.45. The smallest absolute Gasteiger partial charge is 0.329 e. The maximum atomic E-state index is 14.5. The molecule has 190 valence electrons. The van der Waals surface area contributed by atoms with E-state index in [1.165, 1.54) is 47.4 Å². The molecule has 3 aromatic heterocycles. The Hall–Kier alpha value is -4.55. The molecule has 0 saturated carbocycles. The molecule has 37 heavy (non-hydrogen) atoms. The van der Waals surface area contributed by atoms with Crippen LogP contribution in [0.25, 0.3) is 16.9 Å². The van der Waals surface area contributed by atoms with Crippen molar-refractivity contribution < 1.29 is 22.4 Å². The first-order valence-corrected chi connectivity index (χ1v) is 11.1. The summed E-state index contributed by atoms with van der Waals surface area (Å²) in [5.41, 5.74) is -0.0564. The zero-order chi connectivity index (χ0) is 26.3. The van der Waals surface area contributed by atoms with Gasteiger partial charge in [0.2, 0.25) is 5.56 Å². The van der Waals surface area contributed by atoms with Crippen molar-refractivity contribution in [1.29, 1.82) is 0 Å². The van der Waals surface area contributed by atoms with Crippen LogP contribution in [0.15, 0.2) is 70.6 Å². The van der Waals surface area contributed by atoms with Crippen molar-refractivity contribution >= 4 is 11.6 Å². The van der Waals surface area contributed by atoms with E-state index in [0.29, 0.717) is 16.2 Å². The standard InChI is InChI=1S/C24H18F4N6O3/c25-17-2-1-3-19-16(17)4-5-20(23(37)33(19)13-24(26,27)28)34-12-18(30-31-34)14-7-9-32(22(36)10-14)15-6-8-29-21(35)11-15/h1-3,6-12,20H,4-5,13H2,(H,29,35). The molecule has 1 N–H and O–H groups in total. The van der Waals surface area contributed by atoms with Gasteiger partial charge in [0.05, 0.1) is 17.6 Å². The Balaban J connectivity index is 1.47. The van der Waals surface area contributed by atoms with Crippen LogP contribution in [0.5, 0.6) is 0 Å². The van der Waals surface area contributed by atoms with Gasteiger partial charge in [0.25, 0.3) is 11.5 Å². The van der Waals surface area contributed by atoms with Crippen LogP contribution in [0.4, 0.5) is 23.2 Å². The highest BCUT2D eigenvalue weighted by Crippen LogP contribution is 2.35. The van der Waals surface area contributed by atoms with E-state index in [1.54, 1.807) is 12.1 Å². The number of fused-ring (bicyclic) bond motifs is 1. The second kappa shape index (κ2) is 9.15. The predicted octanol–water partition coefficient (Wildman–Crippen LogP) is 3.01. The summed E-state index contributed by atoms with van der Waals surface area (Å²) in [5, 5.41) is 7.93. The van der Waals surface area contributed by atoms with E-state index in [0.717, 1.165) is 10.7 Å². The molecule has 0 saturated heterocycles. The number of anilines is 1. The number of aromatic nitrogens is 5. The lowest BCUT2D eigenvalue weighted by Gasteiger charge is -2.26. The van der Waals surface area contributed by atoms with Crippen LogP contribution in [-0.2, 0) is 11.2 Å². The third-order valence-electron chi connectivity index (χ3n) is 6.02. The SMILES string of the molecule is O=C1C(n2cc(-c3ccn(-c4cc[nH]c(=O)c4)c(=O)c3)nn2)CCc2c(F)cccc2N1CC(F)(F)F. The highest BCUT2D eigenvalue weighted by molar-refractivity contribution is 5.97. The minimum absolute atomic E-state index is 0.00588. The minimum Gasteiger partial charge on any atom is -0.329 e. The number of rotatable bonds is 4. The van der Waals surface area contributed by atoms with Crippen LogP contribution in [0.2, 0.25) is 0 Å². The number of nitrogens with one attached hydrogen (secondary N) is 1. The molecule has 4 heterocycles. The lowest BCUT2D eigenvalue weighted by atomic mass is 10.1. The van der Waals surface area contributed by atoms with E-state index >= 15 is 0 Å². The van der Waals surface area contributed by atoms with Crippen LogP contribution in [-0.4, -0.2) is 43.2 Å². The number of pyridine rings is 2. The Morgan fingerprint density at radius 2 is 1.89 bits per heavy atom. The number of hydrogen-bond acceptors (Lipinski definition) is 5. The van der Waals surface area contributed by atoms with E-state index in [9.17, 15) is 31.9 Å². The van der Waals surface area contributed by atoms with Crippen LogP contribution >= 0.6 is 0 Å². The fourth-order valence-corrected chi connectivity index (χ4v) is 4.33. The average Bonchev–Trinajstić information content (AvgIpc) is 3.28. The predicted molar refractivity (Wildman–Crippen MR) is 124 cm³/mol. The van der Waals surface area contributed by atoms with Gasteiger partial charge in [0, 0.05) is 35.7 Å². The normalized spacial score (nSPS) is 15.9. The third kappa shape index (κ3) is 4.79. The fraction of sp³-hybridized carbons (Fsp3) is 0.208. The summed E-state index contributed by atoms with van der Waals surface area (Å²) in [7, 11) is 0. The molecular formula is C24H18F4N6O3. The molecule has 1 aromatic carbocycles. The Kier molecular flexibility index (Phi) is 5.97. The molecule has 0 radical (unpaired) electrons. The Morgan fingerprint density at radius 3 is 2.62 bits per heavy atom. The molecule has 1 aliphatic heterocycles. The lowest BCUT2D eigenvalue weighted by Crippen LogP contribution is -2.42. The molecule has 5 rings (SSSR count). The number of alkyl halides is 3. The molecule has 4 aromatic rings. The van der Waals surface area contributed by atoms with E-state index in [2.05, 4.69) is 15.3 Å². The zero-order valence-electron chi connectivity index (χ0n) is 18.9. The van der Waals surface area contributed by atoms with Crippen molar-refractivity contribution in [3.8, 4) is 16.9 Å². The summed E-state index contributed by atoms with van der Waals surface area (Å²) in [6, 6.07) is 8.10. The largest absolute Gasteiger partial charge is 0.406 e. The minimum atomic E-state index is -4.71. The van der Waals surface area contributed by atoms with Gasteiger partial charge in [0.1, 0.15) is 24.1 Å². The number of benzene rings is 1. The molecule has 9 nitrogen and oxygen atoms in total. The van der Waals surface area contributed by atoms with Gasteiger partial charge < -0.3 is 9.88 Å². The van der Waals surface area contributed by atoms with Gasteiger partial charge in [-0.05, 0) is 37.1 Å². The third-order valence-corrected chi connectivity index (χ3v) is 6.02. The quantitative estimate of drug-likeness (QED) is 0.422. The van der Waals surface area contributed by atoms with Gasteiger partial charge >= 0.3 is 6.18 Å². The summed E-state index contributed by atoms with van der Waals surface area (Å²) < 4.78 is 56.8. The molecule has 1 atom stereocenters. The van der Waals surface area contributed by atoms with E-state index in [-0.39, 0.29) is 35.3 Å². The maximum absolute atomic E-state index is 14.5. The average molecular weight is 514 g/mol. The highest BCUT2D eigenvalue weighted by atomic mass is 19.4. The van der Waals surface area contributed by atoms with E-state index in [4.69, 9.17) is 0 Å². The first kappa shape index (κ1) is 24.2. The van der Waals surface area contributed by atoms with Gasteiger partial charge in [-0.2, -0.15) is 13.2 Å². The molecule has 1 unspecified atom stereocenters. The van der Waals surface area contributed by atoms with Crippen molar-refractivity contribution in [2.24, 2.45) is 0 Å². The number of halogens is 4. The first-order chi connectivity index (χ1) is 17.6. The number of amides is 1. The highest BCUT2D eigenvalue weighted by Gasteiger charge is 2.40. The monoisotopic (exact) mass is 514 g/mol. The molecule has 13 heteroatoms. The van der Waals surface area contributed by atoms with Gasteiger partial charge in [0.15, 0.2) is 0 Å². The lowest BCUT2D eigenvalue weighted by molar-refractivity contribution is -0.134. The van der Waals surface area contributed by atoms with Gasteiger partial charge in [-0.1, -0.05) is 11.3 Å². The van der Waals surface area contributed by atoms with Crippen LogP contribution in [0.1, 0.15) is 18.0 Å². The van der Waals surface area contributed by atoms with Gasteiger partial charge in [-0.3, -0.25) is 19.0 Å². The van der Waals surface area contributed by atoms with E-state index < -0.39 is 36.0 Å². The maximum Gasteiger partial charge on any atom is 0.406 e. The van der Waals surface area contributed by atoms with Crippen molar-refractivity contribution in [3.63, 3.8) is 0 Å².